The predicted octanol–water partition coefficient (Wildman–Crippen LogP) is 2.86. The number of benzene rings is 2. The zero-order chi connectivity index (χ0) is 24.2. The van der Waals surface area contributed by atoms with Crippen LogP contribution >= 0.6 is 0 Å². The van der Waals surface area contributed by atoms with Gasteiger partial charge in [0, 0.05) is 24.1 Å². The van der Waals surface area contributed by atoms with Crippen LogP contribution in [0, 0.1) is 0 Å². The summed E-state index contributed by atoms with van der Waals surface area (Å²) >= 11 is 0. The number of carbonyl (C=O) groups excluding carboxylic acids is 3. The number of ether oxygens (including phenoxy) is 3. The van der Waals surface area contributed by atoms with Crippen LogP contribution < -0.4 is 14.2 Å². The lowest BCUT2D eigenvalue weighted by Crippen LogP contribution is -2.44. The zero-order valence-electron chi connectivity index (χ0n) is 19.8. The van der Waals surface area contributed by atoms with Crippen LogP contribution in [-0.4, -0.2) is 67.7 Å². The second-order valence-electron chi connectivity index (χ2n) is 8.88. The molecule has 0 bridgehead atoms. The molecule has 8 heteroatoms. The third-order valence-electron chi connectivity index (χ3n) is 6.19. The van der Waals surface area contributed by atoms with Gasteiger partial charge in [-0.2, -0.15) is 0 Å². The molecule has 34 heavy (non-hydrogen) atoms. The Kier molecular flexibility index (Phi) is 7.17. The van der Waals surface area contributed by atoms with E-state index in [1.54, 1.807) is 24.1 Å². The summed E-state index contributed by atoms with van der Waals surface area (Å²) in [5.74, 6) is 1.49. The van der Waals surface area contributed by atoms with E-state index in [0.29, 0.717) is 48.8 Å². The average Bonchev–Trinajstić information content (AvgIpc) is 3.15. The van der Waals surface area contributed by atoms with E-state index in [0.717, 1.165) is 17.7 Å². The van der Waals surface area contributed by atoms with Crippen LogP contribution in [0.2, 0.25) is 0 Å². The number of methoxy groups -OCH3 is 1. The molecule has 0 radical (unpaired) electrons. The van der Waals surface area contributed by atoms with Gasteiger partial charge >= 0.3 is 0 Å². The monoisotopic (exact) mass is 466 g/mol. The number of hydrogen-bond donors (Lipinski definition) is 0. The highest BCUT2D eigenvalue weighted by Crippen LogP contribution is 2.35. The summed E-state index contributed by atoms with van der Waals surface area (Å²) < 4.78 is 17.4. The highest BCUT2D eigenvalue weighted by atomic mass is 16.5. The number of nitrogens with zero attached hydrogens (tertiary/aromatic N) is 2. The number of ketones is 2. The molecule has 2 aromatic rings. The molecular formula is C26H30N2O6. The largest absolute Gasteiger partial charge is 0.493 e. The molecule has 1 aliphatic carbocycles. The van der Waals surface area contributed by atoms with Crippen molar-refractivity contribution in [3.8, 4) is 17.2 Å². The van der Waals surface area contributed by atoms with Crippen molar-refractivity contribution in [3.05, 3.63) is 53.1 Å². The minimum atomic E-state index is -0.547. The molecule has 2 aliphatic rings. The maximum atomic E-state index is 13.0. The number of carbonyl (C=O) groups is 3. The minimum absolute atomic E-state index is 0.0565. The van der Waals surface area contributed by atoms with Crippen molar-refractivity contribution in [1.82, 2.24) is 9.80 Å². The van der Waals surface area contributed by atoms with Crippen molar-refractivity contribution in [3.63, 3.8) is 0 Å². The Morgan fingerprint density at radius 3 is 2.59 bits per heavy atom. The average molecular weight is 467 g/mol. The van der Waals surface area contributed by atoms with Crippen molar-refractivity contribution in [2.45, 2.75) is 38.5 Å². The van der Waals surface area contributed by atoms with Gasteiger partial charge in [-0.15, -0.1) is 0 Å². The molecule has 8 nitrogen and oxygen atoms in total. The van der Waals surface area contributed by atoms with Gasteiger partial charge in [0.25, 0.3) is 5.91 Å². The Hall–Kier alpha value is -3.39. The van der Waals surface area contributed by atoms with E-state index in [-0.39, 0.29) is 30.5 Å². The SMILES string of the molecule is COc1cc(COc2cccc3c2CN(C2CCC(=O)CC2=O)C3=O)ccc1OCCN(C)C. The first-order chi connectivity index (χ1) is 16.4. The van der Waals surface area contributed by atoms with E-state index in [9.17, 15) is 14.4 Å². The minimum Gasteiger partial charge on any atom is -0.493 e. The summed E-state index contributed by atoms with van der Waals surface area (Å²) in [7, 11) is 5.58. The summed E-state index contributed by atoms with van der Waals surface area (Å²) in [6, 6.07) is 10.5. The quantitative estimate of drug-likeness (QED) is 0.526. The van der Waals surface area contributed by atoms with Crippen LogP contribution in [0.4, 0.5) is 0 Å². The number of likely N-dealkylation sites (N-methyl/N-ethyl adjacent to an activating group) is 1. The van der Waals surface area contributed by atoms with Crippen molar-refractivity contribution in [1.29, 1.82) is 0 Å². The van der Waals surface area contributed by atoms with Crippen LogP contribution in [0.3, 0.4) is 0 Å². The third-order valence-corrected chi connectivity index (χ3v) is 6.19. The van der Waals surface area contributed by atoms with E-state index in [4.69, 9.17) is 14.2 Å². The number of fused-ring (bicyclic) bond motifs is 1. The van der Waals surface area contributed by atoms with E-state index < -0.39 is 6.04 Å². The smallest absolute Gasteiger partial charge is 0.255 e. The van der Waals surface area contributed by atoms with Crippen molar-refractivity contribution < 1.29 is 28.6 Å². The second kappa shape index (κ2) is 10.3. The summed E-state index contributed by atoms with van der Waals surface area (Å²) in [5, 5.41) is 0. The standard InChI is InChI=1S/C26H30N2O6/c1-27(2)11-12-33-24-10-7-17(13-25(24)32-3)16-34-23-6-4-5-19-20(23)15-28(26(19)31)21-9-8-18(29)14-22(21)30/h4-7,10,13,21H,8-9,11-12,14-16H2,1-3H3. The van der Waals surface area contributed by atoms with Gasteiger partial charge in [-0.05, 0) is 50.3 Å². The molecule has 1 unspecified atom stereocenters. The zero-order valence-corrected chi connectivity index (χ0v) is 19.8. The van der Waals surface area contributed by atoms with Gasteiger partial charge in [0.15, 0.2) is 17.3 Å². The van der Waals surface area contributed by atoms with E-state index in [1.807, 2.05) is 43.3 Å². The normalized spacial score (nSPS) is 17.8. The lowest BCUT2D eigenvalue weighted by atomic mass is 9.92. The van der Waals surface area contributed by atoms with Crippen molar-refractivity contribution in [2.24, 2.45) is 0 Å². The van der Waals surface area contributed by atoms with Gasteiger partial charge in [0.2, 0.25) is 0 Å². The molecule has 1 atom stereocenters. The maximum Gasteiger partial charge on any atom is 0.255 e. The summed E-state index contributed by atoms with van der Waals surface area (Å²) in [6.07, 6.45) is 0.623. The Labute approximate surface area is 199 Å². The molecule has 1 saturated carbocycles. The topological polar surface area (TPSA) is 85.4 Å². The van der Waals surface area contributed by atoms with Gasteiger partial charge in [-0.25, -0.2) is 0 Å². The van der Waals surface area contributed by atoms with E-state index in [1.165, 1.54) is 0 Å². The molecule has 2 aromatic carbocycles. The van der Waals surface area contributed by atoms with Gasteiger partial charge in [-0.1, -0.05) is 12.1 Å². The molecule has 1 fully saturated rings. The lowest BCUT2D eigenvalue weighted by molar-refractivity contribution is -0.133. The van der Waals surface area contributed by atoms with Crippen LogP contribution in [-0.2, 0) is 22.7 Å². The van der Waals surface area contributed by atoms with Crippen LogP contribution in [0.25, 0.3) is 0 Å². The summed E-state index contributed by atoms with van der Waals surface area (Å²) in [5.41, 5.74) is 2.22. The summed E-state index contributed by atoms with van der Waals surface area (Å²) in [6.45, 7) is 1.94. The Bertz CT molecular complexity index is 1100. The molecule has 0 N–H and O–H groups in total. The first kappa shape index (κ1) is 23.8. The predicted molar refractivity (Wildman–Crippen MR) is 125 cm³/mol. The van der Waals surface area contributed by atoms with Gasteiger partial charge in [0.1, 0.15) is 24.7 Å². The van der Waals surface area contributed by atoms with E-state index in [2.05, 4.69) is 0 Å². The molecule has 180 valence electrons. The van der Waals surface area contributed by atoms with Crippen LogP contribution in [0.5, 0.6) is 17.2 Å². The molecule has 1 heterocycles. The van der Waals surface area contributed by atoms with E-state index >= 15 is 0 Å². The number of hydrogen-bond acceptors (Lipinski definition) is 7. The first-order valence-electron chi connectivity index (χ1n) is 11.4. The fourth-order valence-corrected chi connectivity index (χ4v) is 4.32. The molecule has 4 rings (SSSR count). The maximum absolute atomic E-state index is 13.0. The molecule has 1 amide bonds. The van der Waals surface area contributed by atoms with Crippen LogP contribution in [0.15, 0.2) is 36.4 Å². The first-order valence-corrected chi connectivity index (χ1v) is 11.4. The molecule has 0 saturated heterocycles. The Balaban J connectivity index is 1.44. The fourth-order valence-electron chi connectivity index (χ4n) is 4.32. The molecular weight excluding hydrogens is 436 g/mol. The highest BCUT2D eigenvalue weighted by molar-refractivity contribution is 6.07. The fraction of sp³-hybridized carbons (Fsp3) is 0.423. The number of rotatable bonds is 9. The number of Topliss-reactive ketones (excluding diaryl/α,β-unsaturated/α-hetero) is 2. The van der Waals surface area contributed by atoms with Gasteiger partial charge < -0.3 is 24.0 Å². The van der Waals surface area contributed by atoms with Crippen molar-refractivity contribution >= 4 is 17.5 Å². The third kappa shape index (κ3) is 5.07. The Morgan fingerprint density at radius 2 is 1.85 bits per heavy atom. The lowest BCUT2D eigenvalue weighted by Gasteiger charge is -2.29. The molecule has 0 spiro atoms. The Morgan fingerprint density at radius 1 is 1.03 bits per heavy atom. The van der Waals surface area contributed by atoms with Gasteiger partial charge in [-0.3, -0.25) is 14.4 Å². The number of amides is 1. The summed E-state index contributed by atoms with van der Waals surface area (Å²) in [4.78, 5) is 40.6. The molecule has 1 aliphatic heterocycles. The van der Waals surface area contributed by atoms with Crippen molar-refractivity contribution in [2.75, 3.05) is 34.4 Å². The van der Waals surface area contributed by atoms with Gasteiger partial charge in [0.05, 0.1) is 26.1 Å². The van der Waals surface area contributed by atoms with Crippen LogP contribution in [0.1, 0.15) is 40.7 Å². The highest BCUT2D eigenvalue weighted by Gasteiger charge is 2.39. The molecule has 0 aromatic heterocycles. The second-order valence-corrected chi connectivity index (χ2v) is 8.88.